The summed E-state index contributed by atoms with van der Waals surface area (Å²) in [5.74, 6) is -0.382. The fourth-order valence-electron chi connectivity index (χ4n) is 3.28. The van der Waals surface area contributed by atoms with E-state index >= 15 is 0 Å². The Labute approximate surface area is 160 Å². The van der Waals surface area contributed by atoms with E-state index < -0.39 is 0 Å². The number of rotatable bonds is 7. The van der Waals surface area contributed by atoms with Crippen LogP contribution in [0.25, 0.3) is 0 Å². The SMILES string of the molecule is CCCNC(=O)c1ccccc1NC(=O)c1ccc(CN2CCCC2)cc1. The number of carbonyl (C=O) groups is 2. The van der Waals surface area contributed by atoms with Gasteiger partial charge in [0.2, 0.25) is 0 Å². The molecule has 0 unspecified atom stereocenters. The van der Waals surface area contributed by atoms with E-state index in [9.17, 15) is 9.59 Å². The van der Waals surface area contributed by atoms with Crippen molar-refractivity contribution in [3.8, 4) is 0 Å². The van der Waals surface area contributed by atoms with E-state index in [4.69, 9.17) is 0 Å². The van der Waals surface area contributed by atoms with Crippen molar-refractivity contribution in [3.63, 3.8) is 0 Å². The summed E-state index contributed by atoms with van der Waals surface area (Å²) < 4.78 is 0. The molecule has 0 spiro atoms. The Morgan fingerprint density at radius 1 is 0.963 bits per heavy atom. The topological polar surface area (TPSA) is 61.4 Å². The van der Waals surface area contributed by atoms with Gasteiger partial charge in [-0.25, -0.2) is 0 Å². The molecule has 1 aliphatic rings. The van der Waals surface area contributed by atoms with Crippen LogP contribution in [-0.2, 0) is 6.54 Å². The van der Waals surface area contributed by atoms with Crippen molar-refractivity contribution in [1.82, 2.24) is 10.2 Å². The van der Waals surface area contributed by atoms with Crippen molar-refractivity contribution in [3.05, 3.63) is 65.2 Å². The Bertz CT molecular complexity index is 780. The Balaban J connectivity index is 1.65. The third-order valence-electron chi connectivity index (χ3n) is 4.78. The third-order valence-corrected chi connectivity index (χ3v) is 4.78. The number of likely N-dealkylation sites (tertiary alicyclic amines) is 1. The second-order valence-corrected chi connectivity index (χ2v) is 6.94. The Hall–Kier alpha value is -2.66. The van der Waals surface area contributed by atoms with Crippen LogP contribution in [-0.4, -0.2) is 36.3 Å². The van der Waals surface area contributed by atoms with Crippen LogP contribution >= 0.6 is 0 Å². The van der Waals surface area contributed by atoms with E-state index in [-0.39, 0.29) is 11.8 Å². The fourth-order valence-corrected chi connectivity index (χ4v) is 3.28. The lowest BCUT2D eigenvalue weighted by molar-refractivity contribution is 0.0954. The van der Waals surface area contributed by atoms with Gasteiger partial charge in [-0.15, -0.1) is 0 Å². The van der Waals surface area contributed by atoms with Crippen LogP contribution in [0.3, 0.4) is 0 Å². The monoisotopic (exact) mass is 365 g/mol. The Kier molecular flexibility index (Phi) is 6.60. The minimum absolute atomic E-state index is 0.172. The average molecular weight is 365 g/mol. The van der Waals surface area contributed by atoms with Gasteiger partial charge in [0, 0.05) is 18.7 Å². The number of nitrogens with one attached hydrogen (secondary N) is 2. The van der Waals surface area contributed by atoms with Crippen molar-refractivity contribution >= 4 is 17.5 Å². The van der Waals surface area contributed by atoms with E-state index in [0.717, 1.165) is 26.1 Å². The summed E-state index contributed by atoms with van der Waals surface area (Å²) in [6, 6.07) is 14.8. The lowest BCUT2D eigenvalue weighted by Crippen LogP contribution is -2.25. The molecule has 1 heterocycles. The zero-order chi connectivity index (χ0) is 19.1. The molecule has 2 aromatic carbocycles. The van der Waals surface area contributed by atoms with Crippen molar-refractivity contribution < 1.29 is 9.59 Å². The van der Waals surface area contributed by atoms with Crippen LogP contribution in [0, 0.1) is 0 Å². The van der Waals surface area contributed by atoms with Gasteiger partial charge in [-0.3, -0.25) is 14.5 Å². The Morgan fingerprint density at radius 2 is 1.67 bits per heavy atom. The molecule has 3 rings (SSSR count). The number of carbonyl (C=O) groups excluding carboxylic acids is 2. The van der Waals surface area contributed by atoms with Gasteiger partial charge in [-0.2, -0.15) is 0 Å². The number of benzene rings is 2. The fraction of sp³-hybridized carbons (Fsp3) is 0.364. The van der Waals surface area contributed by atoms with Crippen molar-refractivity contribution in [2.45, 2.75) is 32.7 Å². The zero-order valence-corrected chi connectivity index (χ0v) is 15.8. The predicted molar refractivity (Wildman–Crippen MR) is 108 cm³/mol. The molecular formula is C22H27N3O2. The largest absolute Gasteiger partial charge is 0.352 e. The van der Waals surface area contributed by atoms with Crippen LogP contribution in [0.2, 0.25) is 0 Å². The first-order chi connectivity index (χ1) is 13.2. The molecule has 0 saturated carbocycles. The highest BCUT2D eigenvalue weighted by Gasteiger charge is 2.15. The molecule has 2 aromatic rings. The van der Waals surface area contributed by atoms with E-state index in [1.54, 1.807) is 18.2 Å². The molecule has 1 saturated heterocycles. The average Bonchev–Trinajstić information content (AvgIpc) is 3.20. The van der Waals surface area contributed by atoms with E-state index in [0.29, 0.717) is 23.4 Å². The van der Waals surface area contributed by atoms with Gasteiger partial charge < -0.3 is 10.6 Å². The molecule has 0 aliphatic carbocycles. The Morgan fingerprint density at radius 3 is 2.37 bits per heavy atom. The van der Waals surface area contributed by atoms with Gasteiger partial charge in [0.25, 0.3) is 11.8 Å². The van der Waals surface area contributed by atoms with Crippen LogP contribution in [0.15, 0.2) is 48.5 Å². The standard InChI is InChI=1S/C22H27N3O2/c1-2-13-23-22(27)19-7-3-4-8-20(19)24-21(26)18-11-9-17(10-12-18)16-25-14-5-6-15-25/h3-4,7-12H,2,5-6,13-16H2,1H3,(H,23,27)(H,24,26). The first kappa shape index (κ1) is 19.1. The number of hydrogen-bond donors (Lipinski definition) is 2. The van der Waals surface area contributed by atoms with Crippen LogP contribution < -0.4 is 10.6 Å². The van der Waals surface area contributed by atoms with E-state index in [1.165, 1.54) is 18.4 Å². The van der Waals surface area contributed by atoms with E-state index in [2.05, 4.69) is 15.5 Å². The number of para-hydroxylation sites is 1. The lowest BCUT2D eigenvalue weighted by Gasteiger charge is -2.15. The maximum atomic E-state index is 12.6. The molecule has 142 valence electrons. The maximum absolute atomic E-state index is 12.6. The molecule has 0 radical (unpaired) electrons. The molecule has 2 amide bonds. The first-order valence-electron chi connectivity index (χ1n) is 9.67. The summed E-state index contributed by atoms with van der Waals surface area (Å²) in [7, 11) is 0. The molecule has 0 bridgehead atoms. The van der Waals surface area contributed by atoms with Crippen molar-refractivity contribution in [1.29, 1.82) is 0 Å². The number of nitrogens with zero attached hydrogens (tertiary/aromatic N) is 1. The van der Waals surface area contributed by atoms with Crippen LogP contribution in [0.5, 0.6) is 0 Å². The normalized spacial score (nSPS) is 14.1. The summed E-state index contributed by atoms with van der Waals surface area (Å²) in [4.78, 5) is 27.3. The summed E-state index contributed by atoms with van der Waals surface area (Å²) in [6.45, 7) is 5.85. The summed E-state index contributed by atoms with van der Waals surface area (Å²) >= 11 is 0. The molecule has 5 nitrogen and oxygen atoms in total. The highest BCUT2D eigenvalue weighted by atomic mass is 16.2. The predicted octanol–water partition coefficient (Wildman–Crippen LogP) is 3.67. The van der Waals surface area contributed by atoms with Crippen LogP contribution in [0.4, 0.5) is 5.69 Å². The lowest BCUT2D eigenvalue weighted by atomic mass is 10.1. The zero-order valence-electron chi connectivity index (χ0n) is 15.8. The maximum Gasteiger partial charge on any atom is 0.255 e. The van der Waals surface area contributed by atoms with Crippen LogP contribution in [0.1, 0.15) is 52.5 Å². The van der Waals surface area contributed by atoms with Gasteiger partial charge in [0.05, 0.1) is 11.3 Å². The number of amides is 2. The minimum Gasteiger partial charge on any atom is -0.352 e. The highest BCUT2D eigenvalue weighted by molar-refractivity contribution is 6.09. The minimum atomic E-state index is -0.210. The molecule has 2 N–H and O–H groups in total. The number of hydrogen-bond acceptors (Lipinski definition) is 3. The van der Waals surface area contributed by atoms with Crippen molar-refractivity contribution in [2.24, 2.45) is 0 Å². The first-order valence-corrected chi connectivity index (χ1v) is 9.67. The number of anilines is 1. The molecule has 1 aliphatic heterocycles. The quantitative estimate of drug-likeness (QED) is 0.787. The van der Waals surface area contributed by atoms with Gasteiger partial charge in [0.1, 0.15) is 0 Å². The molecule has 0 aromatic heterocycles. The summed E-state index contributed by atoms with van der Waals surface area (Å²) in [5.41, 5.74) is 2.80. The third kappa shape index (κ3) is 5.17. The molecule has 0 atom stereocenters. The van der Waals surface area contributed by atoms with E-state index in [1.807, 2.05) is 37.3 Å². The van der Waals surface area contributed by atoms with Crippen molar-refractivity contribution in [2.75, 3.05) is 25.0 Å². The van der Waals surface area contributed by atoms with Gasteiger partial charge in [-0.05, 0) is 62.2 Å². The second kappa shape index (κ2) is 9.33. The molecule has 5 heteroatoms. The molecular weight excluding hydrogens is 338 g/mol. The molecule has 27 heavy (non-hydrogen) atoms. The summed E-state index contributed by atoms with van der Waals surface area (Å²) in [6.07, 6.45) is 3.40. The highest BCUT2D eigenvalue weighted by Crippen LogP contribution is 2.17. The summed E-state index contributed by atoms with van der Waals surface area (Å²) in [5, 5.41) is 5.72. The molecule has 1 fully saturated rings. The van der Waals surface area contributed by atoms with Gasteiger partial charge >= 0.3 is 0 Å². The van der Waals surface area contributed by atoms with Gasteiger partial charge in [-0.1, -0.05) is 31.2 Å². The smallest absolute Gasteiger partial charge is 0.255 e. The second-order valence-electron chi connectivity index (χ2n) is 6.94. The van der Waals surface area contributed by atoms with Gasteiger partial charge in [0.15, 0.2) is 0 Å².